The molecule has 96 valence electrons. The Kier molecular flexibility index (Phi) is 2.86. The minimum Gasteiger partial charge on any atom is -0.294 e. The van der Waals surface area contributed by atoms with Crippen molar-refractivity contribution >= 4 is 17.4 Å². The van der Waals surface area contributed by atoms with Crippen molar-refractivity contribution in [2.75, 3.05) is 0 Å². The van der Waals surface area contributed by atoms with Gasteiger partial charge in [0.25, 0.3) is 0 Å². The number of carbonyl (C=O) groups excluding carboxylic acids is 1. The first-order valence-electron chi connectivity index (χ1n) is 5.88. The molecule has 0 fully saturated rings. The summed E-state index contributed by atoms with van der Waals surface area (Å²) in [5.41, 5.74) is 2.64. The lowest BCUT2D eigenvalue weighted by Gasteiger charge is -2.10. The van der Waals surface area contributed by atoms with Crippen LogP contribution in [0.2, 0.25) is 5.02 Å². The van der Waals surface area contributed by atoms with Gasteiger partial charge < -0.3 is 0 Å². The third kappa shape index (κ3) is 1.94. The fourth-order valence-electron chi connectivity index (χ4n) is 2.47. The number of benzene rings is 2. The van der Waals surface area contributed by atoms with Crippen LogP contribution >= 0.6 is 11.6 Å². The van der Waals surface area contributed by atoms with Crippen LogP contribution in [0.3, 0.4) is 0 Å². The lowest BCUT2D eigenvalue weighted by atomic mass is 9.96. The summed E-state index contributed by atoms with van der Waals surface area (Å²) in [5, 5.41) is 0.145. The van der Waals surface area contributed by atoms with Crippen molar-refractivity contribution in [1.29, 1.82) is 0 Å². The van der Waals surface area contributed by atoms with Gasteiger partial charge in [-0.15, -0.1) is 0 Å². The molecule has 0 N–H and O–H groups in total. The number of rotatable bonds is 1. The average molecular weight is 279 g/mol. The van der Waals surface area contributed by atoms with Gasteiger partial charge in [0.05, 0.1) is 5.02 Å². The Morgan fingerprint density at radius 1 is 0.947 bits per heavy atom. The van der Waals surface area contributed by atoms with Gasteiger partial charge in [0.2, 0.25) is 0 Å². The number of hydrogen-bond donors (Lipinski definition) is 0. The summed E-state index contributed by atoms with van der Waals surface area (Å²) in [6.45, 7) is 0. The maximum absolute atomic E-state index is 13.4. The zero-order valence-electron chi connectivity index (χ0n) is 9.84. The molecule has 0 amide bonds. The van der Waals surface area contributed by atoms with Gasteiger partial charge >= 0.3 is 0 Å². The van der Waals surface area contributed by atoms with E-state index in [1.54, 1.807) is 18.2 Å². The van der Waals surface area contributed by atoms with Crippen molar-refractivity contribution in [2.45, 2.75) is 12.8 Å². The maximum atomic E-state index is 13.4. The second kappa shape index (κ2) is 4.42. The van der Waals surface area contributed by atoms with E-state index < -0.39 is 11.6 Å². The summed E-state index contributed by atoms with van der Waals surface area (Å²) in [6.07, 6.45) is 1.06. The molecule has 19 heavy (non-hydrogen) atoms. The third-order valence-corrected chi connectivity index (χ3v) is 3.69. The average Bonchev–Trinajstić information content (AvgIpc) is 2.76. The summed E-state index contributed by atoms with van der Waals surface area (Å²) < 4.78 is 26.5. The molecule has 0 saturated heterocycles. The molecule has 4 heteroatoms. The van der Waals surface area contributed by atoms with E-state index in [1.165, 1.54) is 0 Å². The molecular formula is C15H9ClF2O. The second-order valence-corrected chi connectivity index (χ2v) is 4.91. The molecule has 0 saturated carbocycles. The molecule has 0 aliphatic heterocycles. The van der Waals surface area contributed by atoms with Crippen molar-refractivity contribution in [3.63, 3.8) is 0 Å². The van der Waals surface area contributed by atoms with Crippen molar-refractivity contribution in [3.8, 4) is 11.1 Å². The van der Waals surface area contributed by atoms with Crippen LogP contribution in [0.15, 0.2) is 30.3 Å². The van der Waals surface area contributed by atoms with Gasteiger partial charge in [-0.05, 0) is 29.7 Å². The van der Waals surface area contributed by atoms with E-state index in [0.717, 1.165) is 17.7 Å². The highest BCUT2D eigenvalue weighted by molar-refractivity contribution is 6.33. The fraction of sp³-hybridized carbons (Fsp3) is 0.133. The fourth-order valence-corrected chi connectivity index (χ4v) is 2.72. The third-order valence-electron chi connectivity index (χ3n) is 3.38. The van der Waals surface area contributed by atoms with Crippen LogP contribution in [0.1, 0.15) is 22.3 Å². The highest BCUT2D eigenvalue weighted by Gasteiger charge is 2.23. The first-order valence-corrected chi connectivity index (χ1v) is 6.25. The van der Waals surface area contributed by atoms with Gasteiger partial charge in [-0.25, -0.2) is 8.78 Å². The maximum Gasteiger partial charge on any atom is 0.163 e. The molecule has 0 unspecified atom stereocenters. The monoisotopic (exact) mass is 278 g/mol. The molecule has 0 aromatic heterocycles. The van der Waals surface area contributed by atoms with E-state index in [4.69, 9.17) is 11.6 Å². The topological polar surface area (TPSA) is 17.1 Å². The summed E-state index contributed by atoms with van der Waals surface area (Å²) in [4.78, 5) is 11.7. The van der Waals surface area contributed by atoms with Crippen LogP contribution in [0.25, 0.3) is 11.1 Å². The van der Waals surface area contributed by atoms with Gasteiger partial charge in [-0.1, -0.05) is 29.8 Å². The highest BCUT2D eigenvalue weighted by Crippen LogP contribution is 2.36. The summed E-state index contributed by atoms with van der Waals surface area (Å²) in [5.74, 6) is -1.84. The number of Topliss-reactive ketones (excluding diaryl/α,β-unsaturated/α-hetero) is 1. The Morgan fingerprint density at radius 2 is 1.63 bits per heavy atom. The standard InChI is InChI=1S/C15H9ClF2O/c16-12-7-14(18)13(17)6-11(12)8-2-1-3-10-9(8)4-5-15(10)19/h1-3,6-7H,4-5H2. The number of carbonyl (C=O) groups is 1. The normalized spacial score (nSPS) is 13.7. The molecule has 1 aliphatic carbocycles. The summed E-state index contributed by atoms with van der Waals surface area (Å²) in [7, 11) is 0. The van der Waals surface area contributed by atoms with Crippen molar-refractivity contribution in [3.05, 3.63) is 58.1 Å². The Bertz CT molecular complexity index is 695. The van der Waals surface area contributed by atoms with Crippen molar-refractivity contribution < 1.29 is 13.6 Å². The molecular weight excluding hydrogens is 270 g/mol. The molecule has 3 rings (SSSR count). The quantitative estimate of drug-likeness (QED) is 0.706. The van der Waals surface area contributed by atoms with E-state index in [0.29, 0.717) is 29.5 Å². The van der Waals surface area contributed by atoms with E-state index in [-0.39, 0.29) is 10.8 Å². The molecule has 2 aromatic rings. The van der Waals surface area contributed by atoms with Crippen molar-refractivity contribution in [2.24, 2.45) is 0 Å². The molecule has 1 nitrogen and oxygen atoms in total. The zero-order chi connectivity index (χ0) is 13.6. The minimum atomic E-state index is -0.975. The molecule has 1 aliphatic rings. The number of halogens is 3. The summed E-state index contributed by atoms with van der Waals surface area (Å²) >= 11 is 5.98. The number of fused-ring (bicyclic) bond motifs is 1. The van der Waals surface area contributed by atoms with Gasteiger partial charge in [-0.3, -0.25) is 4.79 Å². The number of hydrogen-bond acceptors (Lipinski definition) is 1. The van der Waals surface area contributed by atoms with Crippen LogP contribution in [0, 0.1) is 11.6 Å². The van der Waals surface area contributed by atoms with Crippen LogP contribution in [-0.4, -0.2) is 5.78 Å². The molecule has 0 spiro atoms. The molecule has 2 aromatic carbocycles. The predicted octanol–water partition coefficient (Wildman–Crippen LogP) is 4.41. The number of ketones is 1. The lowest BCUT2D eigenvalue weighted by Crippen LogP contribution is -1.94. The first-order chi connectivity index (χ1) is 9.08. The summed E-state index contributed by atoms with van der Waals surface area (Å²) in [6, 6.07) is 7.30. The van der Waals surface area contributed by atoms with Crippen LogP contribution in [0.5, 0.6) is 0 Å². The molecule has 0 atom stereocenters. The van der Waals surface area contributed by atoms with Gasteiger partial charge in [0.1, 0.15) is 0 Å². The van der Waals surface area contributed by atoms with Crippen molar-refractivity contribution in [1.82, 2.24) is 0 Å². The highest BCUT2D eigenvalue weighted by atomic mass is 35.5. The SMILES string of the molecule is O=C1CCc2c1cccc2-c1cc(F)c(F)cc1Cl. The Balaban J connectivity index is 2.24. The first kappa shape index (κ1) is 12.3. The molecule has 0 bridgehead atoms. The smallest absolute Gasteiger partial charge is 0.163 e. The second-order valence-electron chi connectivity index (χ2n) is 4.50. The minimum absolute atomic E-state index is 0.0792. The van der Waals surface area contributed by atoms with Crippen LogP contribution in [0.4, 0.5) is 8.78 Å². The Labute approximate surface area is 113 Å². The van der Waals surface area contributed by atoms with Gasteiger partial charge in [0, 0.05) is 17.5 Å². The lowest BCUT2D eigenvalue weighted by molar-refractivity contribution is 0.0994. The van der Waals surface area contributed by atoms with E-state index >= 15 is 0 Å². The largest absolute Gasteiger partial charge is 0.294 e. The van der Waals surface area contributed by atoms with Crippen LogP contribution in [-0.2, 0) is 6.42 Å². The molecule has 0 radical (unpaired) electrons. The zero-order valence-corrected chi connectivity index (χ0v) is 10.6. The van der Waals surface area contributed by atoms with Gasteiger partial charge in [-0.2, -0.15) is 0 Å². The van der Waals surface area contributed by atoms with E-state index in [2.05, 4.69) is 0 Å². The molecule has 0 heterocycles. The van der Waals surface area contributed by atoms with Gasteiger partial charge in [0.15, 0.2) is 17.4 Å². The Morgan fingerprint density at radius 3 is 2.42 bits per heavy atom. The van der Waals surface area contributed by atoms with E-state index in [9.17, 15) is 13.6 Å². The Hall–Kier alpha value is -1.74. The predicted molar refractivity (Wildman–Crippen MR) is 69.5 cm³/mol. The van der Waals surface area contributed by atoms with Crippen LogP contribution < -0.4 is 0 Å². The van der Waals surface area contributed by atoms with E-state index in [1.807, 2.05) is 0 Å².